The molecule has 1 aromatic heterocycles. The lowest BCUT2D eigenvalue weighted by atomic mass is 9.96. The SMILES string of the molecule is Cc1oncc1C(CC(=O)O)C(F)(F)F. The Kier molecular flexibility index (Phi) is 3.01. The van der Waals surface area contributed by atoms with E-state index in [0.717, 1.165) is 6.20 Å². The van der Waals surface area contributed by atoms with E-state index in [2.05, 4.69) is 9.68 Å². The van der Waals surface area contributed by atoms with Gasteiger partial charge < -0.3 is 9.63 Å². The van der Waals surface area contributed by atoms with Crippen molar-refractivity contribution in [3.63, 3.8) is 0 Å². The van der Waals surface area contributed by atoms with Crippen molar-refractivity contribution in [3.05, 3.63) is 17.5 Å². The lowest BCUT2D eigenvalue weighted by molar-refractivity contribution is -0.163. The Balaban J connectivity index is 3.02. The number of carboxylic acid groups (broad SMARTS) is 1. The van der Waals surface area contributed by atoms with Crippen molar-refractivity contribution >= 4 is 5.97 Å². The predicted octanol–water partition coefficient (Wildman–Crippen LogP) is 2.10. The van der Waals surface area contributed by atoms with E-state index >= 15 is 0 Å². The van der Waals surface area contributed by atoms with Crippen molar-refractivity contribution in [2.45, 2.75) is 25.4 Å². The molecule has 1 rings (SSSR count). The molecule has 0 saturated heterocycles. The maximum absolute atomic E-state index is 12.5. The fraction of sp³-hybridized carbons (Fsp3) is 0.500. The number of carbonyl (C=O) groups is 1. The van der Waals surface area contributed by atoms with Crippen LogP contribution in [0.3, 0.4) is 0 Å². The molecule has 1 heterocycles. The van der Waals surface area contributed by atoms with Gasteiger partial charge in [0.2, 0.25) is 0 Å². The highest BCUT2D eigenvalue weighted by molar-refractivity contribution is 5.68. The van der Waals surface area contributed by atoms with Crippen molar-refractivity contribution in [1.29, 1.82) is 0 Å². The number of hydrogen-bond acceptors (Lipinski definition) is 3. The van der Waals surface area contributed by atoms with Crippen LogP contribution in [-0.2, 0) is 4.79 Å². The molecule has 84 valence electrons. The summed E-state index contributed by atoms with van der Waals surface area (Å²) in [7, 11) is 0. The third-order valence-corrected chi connectivity index (χ3v) is 1.94. The van der Waals surface area contributed by atoms with Gasteiger partial charge in [-0.1, -0.05) is 5.16 Å². The van der Waals surface area contributed by atoms with Crippen LogP contribution in [0.5, 0.6) is 0 Å². The molecule has 0 amide bonds. The number of alkyl halides is 3. The monoisotopic (exact) mass is 223 g/mol. The van der Waals surface area contributed by atoms with E-state index < -0.39 is 24.5 Å². The van der Waals surface area contributed by atoms with Crippen LogP contribution in [0.1, 0.15) is 23.7 Å². The lowest BCUT2D eigenvalue weighted by Gasteiger charge is -2.17. The molecule has 0 aliphatic heterocycles. The fourth-order valence-corrected chi connectivity index (χ4v) is 1.22. The van der Waals surface area contributed by atoms with Crippen molar-refractivity contribution in [2.24, 2.45) is 0 Å². The smallest absolute Gasteiger partial charge is 0.396 e. The average molecular weight is 223 g/mol. The first-order valence-corrected chi connectivity index (χ1v) is 4.02. The second kappa shape index (κ2) is 3.92. The summed E-state index contributed by atoms with van der Waals surface area (Å²) in [4.78, 5) is 10.3. The van der Waals surface area contributed by atoms with Gasteiger partial charge >= 0.3 is 12.1 Å². The third kappa shape index (κ3) is 2.71. The summed E-state index contributed by atoms with van der Waals surface area (Å²) in [6.07, 6.45) is -4.74. The Bertz CT molecular complexity index is 358. The van der Waals surface area contributed by atoms with Crippen LogP contribution in [0, 0.1) is 6.92 Å². The Hall–Kier alpha value is -1.53. The highest BCUT2D eigenvalue weighted by Crippen LogP contribution is 2.38. The zero-order chi connectivity index (χ0) is 11.6. The Morgan fingerprint density at radius 2 is 2.27 bits per heavy atom. The first kappa shape index (κ1) is 11.5. The van der Waals surface area contributed by atoms with Gasteiger partial charge in [0.1, 0.15) is 5.76 Å². The zero-order valence-corrected chi connectivity index (χ0v) is 7.71. The van der Waals surface area contributed by atoms with Gasteiger partial charge in [-0.2, -0.15) is 13.2 Å². The van der Waals surface area contributed by atoms with Crippen molar-refractivity contribution in [1.82, 2.24) is 5.16 Å². The summed E-state index contributed by atoms with van der Waals surface area (Å²) in [5.41, 5.74) is -0.232. The summed E-state index contributed by atoms with van der Waals surface area (Å²) in [6.45, 7) is 1.31. The number of aliphatic carboxylic acids is 1. The van der Waals surface area contributed by atoms with E-state index in [0.29, 0.717) is 0 Å². The van der Waals surface area contributed by atoms with E-state index in [1.807, 2.05) is 0 Å². The normalized spacial score (nSPS) is 13.9. The molecule has 0 aromatic carbocycles. The van der Waals surface area contributed by atoms with Crippen LogP contribution < -0.4 is 0 Å². The van der Waals surface area contributed by atoms with Gasteiger partial charge in [-0.25, -0.2) is 0 Å². The van der Waals surface area contributed by atoms with Crippen LogP contribution in [0.25, 0.3) is 0 Å². The maximum Gasteiger partial charge on any atom is 0.396 e. The summed E-state index contributed by atoms with van der Waals surface area (Å²) < 4.78 is 42.0. The molecular formula is C8H8F3NO3. The highest BCUT2D eigenvalue weighted by Gasteiger charge is 2.43. The van der Waals surface area contributed by atoms with Gasteiger partial charge in [0.25, 0.3) is 0 Å². The quantitative estimate of drug-likeness (QED) is 0.852. The topological polar surface area (TPSA) is 63.3 Å². The molecule has 0 bridgehead atoms. The van der Waals surface area contributed by atoms with Gasteiger partial charge in [0.05, 0.1) is 18.5 Å². The Labute approximate surface area is 82.7 Å². The molecular weight excluding hydrogens is 215 g/mol. The van der Waals surface area contributed by atoms with E-state index in [1.54, 1.807) is 0 Å². The summed E-state index contributed by atoms with van der Waals surface area (Å²) in [6, 6.07) is 0. The third-order valence-electron chi connectivity index (χ3n) is 1.94. The van der Waals surface area contributed by atoms with Crippen molar-refractivity contribution < 1.29 is 27.6 Å². The average Bonchev–Trinajstić information content (AvgIpc) is 2.45. The molecule has 7 heteroatoms. The van der Waals surface area contributed by atoms with Crippen LogP contribution in [0.2, 0.25) is 0 Å². The minimum Gasteiger partial charge on any atom is -0.481 e. The van der Waals surface area contributed by atoms with Gasteiger partial charge in [-0.3, -0.25) is 4.79 Å². The Morgan fingerprint density at radius 1 is 1.67 bits per heavy atom. The first-order valence-electron chi connectivity index (χ1n) is 4.02. The second-order valence-electron chi connectivity index (χ2n) is 3.03. The highest BCUT2D eigenvalue weighted by atomic mass is 19.4. The van der Waals surface area contributed by atoms with Gasteiger partial charge in [-0.05, 0) is 6.92 Å². The predicted molar refractivity (Wildman–Crippen MR) is 42.3 cm³/mol. The van der Waals surface area contributed by atoms with E-state index in [4.69, 9.17) is 5.11 Å². The number of nitrogens with zero attached hydrogens (tertiary/aromatic N) is 1. The number of rotatable bonds is 3. The lowest BCUT2D eigenvalue weighted by Crippen LogP contribution is -2.23. The molecule has 0 radical (unpaired) electrons. The summed E-state index contributed by atoms with van der Waals surface area (Å²) >= 11 is 0. The maximum atomic E-state index is 12.5. The number of aromatic nitrogens is 1. The molecule has 1 N–H and O–H groups in total. The standard InChI is InChI=1S/C8H8F3NO3/c1-4-5(3-12-15-4)6(2-7(13)14)8(9,10)11/h3,6H,2H2,1H3,(H,13,14). The molecule has 0 aliphatic rings. The van der Waals surface area contributed by atoms with Crippen molar-refractivity contribution in [2.75, 3.05) is 0 Å². The fourth-order valence-electron chi connectivity index (χ4n) is 1.22. The Morgan fingerprint density at radius 3 is 2.60 bits per heavy atom. The molecule has 0 aliphatic carbocycles. The van der Waals surface area contributed by atoms with Gasteiger partial charge in [0, 0.05) is 5.56 Å². The van der Waals surface area contributed by atoms with Crippen LogP contribution in [0.15, 0.2) is 10.7 Å². The number of carboxylic acids is 1. The molecule has 1 aromatic rings. The van der Waals surface area contributed by atoms with E-state index in [1.165, 1.54) is 6.92 Å². The first-order chi connectivity index (χ1) is 6.82. The van der Waals surface area contributed by atoms with E-state index in [9.17, 15) is 18.0 Å². The zero-order valence-electron chi connectivity index (χ0n) is 7.71. The minimum absolute atomic E-state index is 0.0152. The molecule has 15 heavy (non-hydrogen) atoms. The summed E-state index contributed by atoms with van der Waals surface area (Å²) in [5.74, 6) is -3.60. The van der Waals surface area contributed by atoms with Crippen LogP contribution in [0.4, 0.5) is 13.2 Å². The van der Waals surface area contributed by atoms with E-state index in [-0.39, 0.29) is 11.3 Å². The minimum atomic E-state index is -4.62. The molecule has 0 spiro atoms. The van der Waals surface area contributed by atoms with Crippen molar-refractivity contribution in [3.8, 4) is 0 Å². The number of hydrogen-bond donors (Lipinski definition) is 1. The molecule has 4 nitrogen and oxygen atoms in total. The number of halogens is 3. The molecule has 0 saturated carbocycles. The number of aryl methyl sites for hydroxylation is 1. The molecule has 1 unspecified atom stereocenters. The van der Waals surface area contributed by atoms with Gasteiger partial charge in [-0.15, -0.1) is 0 Å². The second-order valence-corrected chi connectivity index (χ2v) is 3.03. The van der Waals surface area contributed by atoms with Crippen LogP contribution in [-0.4, -0.2) is 22.4 Å². The largest absolute Gasteiger partial charge is 0.481 e. The van der Waals surface area contributed by atoms with Gasteiger partial charge in [0.15, 0.2) is 0 Å². The molecule has 0 fully saturated rings. The molecule has 1 atom stereocenters. The van der Waals surface area contributed by atoms with Crippen LogP contribution >= 0.6 is 0 Å². The summed E-state index contributed by atoms with van der Waals surface area (Å²) in [5, 5.41) is 11.6.